The molecule has 1 saturated heterocycles. The number of rotatable bonds is 4. The van der Waals surface area contributed by atoms with Crippen molar-refractivity contribution in [2.45, 2.75) is 12.5 Å². The third-order valence-corrected chi connectivity index (χ3v) is 2.53. The van der Waals surface area contributed by atoms with Crippen LogP contribution in [0.3, 0.4) is 0 Å². The lowest BCUT2D eigenvalue weighted by atomic mass is 10.2. The van der Waals surface area contributed by atoms with Crippen LogP contribution in [0, 0.1) is 0 Å². The second-order valence-electron chi connectivity index (χ2n) is 3.90. The maximum atomic E-state index is 11.5. The van der Waals surface area contributed by atoms with E-state index in [1.807, 2.05) is 5.01 Å². The zero-order chi connectivity index (χ0) is 11.3. The Balaban J connectivity index is 2.28. The molecule has 1 heterocycles. The number of nitrogens with zero attached hydrogens (tertiary/aromatic N) is 2. The third-order valence-electron chi connectivity index (χ3n) is 2.53. The SMILES string of the molecule is C=CCC(N)C(=O)NN1CCN(C)CC1. The van der Waals surface area contributed by atoms with E-state index in [1.54, 1.807) is 6.08 Å². The van der Waals surface area contributed by atoms with E-state index in [1.165, 1.54) is 0 Å². The smallest absolute Gasteiger partial charge is 0.251 e. The summed E-state index contributed by atoms with van der Waals surface area (Å²) in [6, 6.07) is -0.484. The number of carbonyl (C=O) groups is 1. The molecule has 0 spiro atoms. The van der Waals surface area contributed by atoms with Crippen molar-refractivity contribution in [3.63, 3.8) is 0 Å². The molecule has 1 amide bonds. The highest BCUT2D eigenvalue weighted by atomic mass is 16.2. The van der Waals surface area contributed by atoms with Crippen molar-refractivity contribution in [1.82, 2.24) is 15.3 Å². The van der Waals surface area contributed by atoms with Gasteiger partial charge in [0.05, 0.1) is 6.04 Å². The second kappa shape index (κ2) is 5.85. The van der Waals surface area contributed by atoms with E-state index in [-0.39, 0.29) is 5.91 Å². The number of piperazine rings is 1. The average Bonchev–Trinajstić information content (AvgIpc) is 2.22. The van der Waals surface area contributed by atoms with E-state index in [9.17, 15) is 4.79 Å². The van der Waals surface area contributed by atoms with Crippen LogP contribution in [-0.2, 0) is 4.79 Å². The fourth-order valence-electron chi connectivity index (χ4n) is 1.44. The molecule has 0 bridgehead atoms. The van der Waals surface area contributed by atoms with E-state index in [4.69, 9.17) is 5.73 Å². The molecule has 86 valence electrons. The van der Waals surface area contributed by atoms with Crippen LogP contribution in [0.5, 0.6) is 0 Å². The number of nitrogens with one attached hydrogen (secondary N) is 1. The topological polar surface area (TPSA) is 61.6 Å². The van der Waals surface area contributed by atoms with Crippen molar-refractivity contribution >= 4 is 5.91 Å². The van der Waals surface area contributed by atoms with Gasteiger partial charge in [-0.1, -0.05) is 6.08 Å². The number of hydrogen-bond donors (Lipinski definition) is 2. The Kier molecular flexibility index (Phi) is 4.74. The Morgan fingerprint density at radius 3 is 2.67 bits per heavy atom. The second-order valence-corrected chi connectivity index (χ2v) is 3.90. The van der Waals surface area contributed by atoms with E-state index in [0.29, 0.717) is 6.42 Å². The maximum absolute atomic E-state index is 11.5. The first kappa shape index (κ1) is 12.2. The standard InChI is InChI=1S/C10H20N4O/c1-3-4-9(11)10(15)12-14-7-5-13(2)6-8-14/h3,9H,1,4-8,11H2,2H3,(H,12,15). The first-order valence-corrected chi connectivity index (χ1v) is 5.24. The van der Waals surface area contributed by atoms with Gasteiger partial charge in [-0.3, -0.25) is 10.2 Å². The van der Waals surface area contributed by atoms with Crippen LogP contribution in [0.4, 0.5) is 0 Å². The summed E-state index contributed by atoms with van der Waals surface area (Å²) in [6.45, 7) is 7.20. The van der Waals surface area contributed by atoms with Gasteiger partial charge in [0, 0.05) is 26.2 Å². The summed E-state index contributed by atoms with van der Waals surface area (Å²) in [5.41, 5.74) is 8.47. The molecule has 0 radical (unpaired) electrons. The molecule has 5 nitrogen and oxygen atoms in total. The minimum atomic E-state index is -0.484. The van der Waals surface area contributed by atoms with Gasteiger partial charge in [0.2, 0.25) is 0 Å². The van der Waals surface area contributed by atoms with Gasteiger partial charge >= 0.3 is 0 Å². The highest BCUT2D eigenvalue weighted by molar-refractivity contribution is 5.81. The summed E-state index contributed by atoms with van der Waals surface area (Å²) < 4.78 is 0. The Hall–Kier alpha value is -0.910. The summed E-state index contributed by atoms with van der Waals surface area (Å²) >= 11 is 0. The fraction of sp³-hybridized carbons (Fsp3) is 0.700. The van der Waals surface area contributed by atoms with Crippen molar-refractivity contribution < 1.29 is 4.79 Å². The predicted octanol–water partition coefficient (Wildman–Crippen LogP) is -0.832. The monoisotopic (exact) mass is 212 g/mol. The minimum absolute atomic E-state index is 0.126. The largest absolute Gasteiger partial charge is 0.320 e. The van der Waals surface area contributed by atoms with E-state index >= 15 is 0 Å². The van der Waals surface area contributed by atoms with Crippen LogP contribution >= 0.6 is 0 Å². The highest BCUT2D eigenvalue weighted by Gasteiger charge is 2.18. The molecular weight excluding hydrogens is 192 g/mol. The molecule has 1 unspecified atom stereocenters. The van der Waals surface area contributed by atoms with Crippen LogP contribution in [0.1, 0.15) is 6.42 Å². The highest BCUT2D eigenvalue weighted by Crippen LogP contribution is 1.96. The van der Waals surface area contributed by atoms with Crippen LogP contribution in [0.15, 0.2) is 12.7 Å². The van der Waals surface area contributed by atoms with Gasteiger partial charge in [0.25, 0.3) is 5.91 Å². The molecule has 15 heavy (non-hydrogen) atoms. The van der Waals surface area contributed by atoms with E-state index in [0.717, 1.165) is 26.2 Å². The summed E-state index contributed by atoms with van der Waals surface area (Å²) in [6.07, 6.45) is 2.17. The molecule has 1 atom stereocenters. The van der Waals surface area contributed by atoms with Crippen molar-refractivity contribution in [3.05, 3.63) is 12.7 Å². The lowest BCUT2D eigenvalue weighted by Crippen LogP contribution is -2.55. The lowest BCUT2D eigenvalue weighted by Gasteiger charge is -2.32. The van der Waals surface area contributed by atoms with E-state index in [2.05, 4.69) is 24.0 Å². The summed E-state index contributed by atoms with van der Waals surface area (Å²) in [5, 5.41) is 1.92. The Labute approximate surface area is 90.9 Å². The van der Waals surface area contributed by atoms with Crippen molar-refractivity contribution in [1.29, 1.82) is 0 Å². The van der Waals surface area contributed by atoms with Gasteiger partial charge in [-0.2, -0.15) is 0 Å². The summed E-state index contributed by atoms with van der Waals surface area (Å²) in [4.78, 5) is 13.8. The zero-order valence-electron chi connectivity index (χ0n) is 9.28. The molecular formula is C10H20N4O. The molecule has 5 heteroatoms. The van der Waals surface area contributed by atoms with Crippen molar-refractivity contribution in [2.75, 3.05) is 33.2 Å². The van der Waals surface area contributed by atoms with Gasteiger partial charge in [-0.15, -0.1) is 6.58 Å². The molecule has 1 aliphatic rings. The van der Waals surface area contributed by atoms with Gasteiger partial charge < -0.3 is 10.6 Å². The number of hydrazine groups is 1. The average molecular weight is 212 g/mol. The molecule has 3 N–H and O–H groups in total. The van der Waals surface area contributed by atoms with Gasteiger partial charge in [-0.05, 0) is 13.5 Å². The van der Waals surface area contributed by atoms with Crippen LogP contribution in [0.25, 0.3) is 0 Å². The first-order valence-electron chi connectivity index (χ1n) is 5.24. The normalized spacial score (nSPS) is 20.9. The molecule has 0 saturated carbocycles. The number of nitrogens with two attached hydrogens (primary N) is 1. The number of hydrogen-bond acceptors (Lipinski definition) is 4. The predicted molar refractivity (Wildman–Crippen MR) is 60.0 cm³/mol. The Bertz CT molecular complexity index is 223. The molecule has 1 aliphatic heterocycles. The summed E-state index contributed by atoms with van der Waals surface area (Å²) in [7, 11) is 2.07. The fourth-order valence-corrected chi connectivity index (χ4v) is 1.44. The first-order chi connectivity index (χ1) is 7.13. The van der Waals surface area contributed by atoms with Gasteiger partial charge in [0.1, 0.15) is 0 Å². The van der Waals surface area contributed by atoms with Crippen LogP contribution in [0.2, 0.25) is 0 Å². The van der Waals surface area contributed by atoms with Gasteiger partial charge in [0.15, 0.2) is 0 Å². The van der Waals surface area contributed by atoms with E-state index < -0.39 is 6.04 Å². The molecule has 1 fully saturated rings. The third kappa shape index (κ3) is 3.99. The zero-order valence-corrected chi connectivity index (χ0v) is 9.28. The quantitative estimate of drug-likeness (QED) is 0.597. The van der Waals surface area contributed by atoms with Crippen molar-refractivity contribution in [2.24, 2.45) is 5.73 Å². The molecule has 0 aromatic heterocycles. The molecule has 1 rings (SSSR count). The lowest BCUT2D eigenvalue weighted by molar-refractivity contribution is -0.127. The maximum Gasteiger partial charge on any atom is 0.251 e. The number of likely N-dealkylation sites (N-methyl/N-ethyl adjacent to an activating group) is 1. The van der Waals surface area contributed by atoms with Gasteiger partial charge in [-0.25, -0.2) is 5.01 Å². The Morgan fingerprint density at radius 2 is 2.13 bits per heavy atom. The number of carbonyl (C=O) groups excluding carboxylic acids is 1. The van der Waals surface area contributed by atoms with Crippen LogP contribution < -0.4 is 11.2 Å². The molecule has 0 aliphatic carbocycles. The molecule has 0 aromatic rings. The minimum Gasteiger partial charge on any atom is -0.320 e. The van der Waals surface area contributed by atoms with Crippen molar-refractivity contribution in [3.8, 4) is 0 Å². The summed E-state index contributed by atoms with van der Waals surface area (Å²) in [5.74, 6) is -0.126. The van der Waals surface area contributed by atoms with Crippen LogP contribution in [-0.4, -0.2) is 55.1 Å². The Morgan fingerprint density at radius 1 is 1.53 bits per heavy atom. The molecule has 0 aromatic carbocycles. The number of amides is 1.